The molecule has 0 spiro atoms. The standard InChI is InChI=1S/C19H36N4O2/c1-4-20-12-8-6-10-14-22-17(3)16-18(24)23(19(22)25)15-11-7-9-13-21-5-2/h16,20-21H,4-15H2,1-3H3. The average molecular weight is 353 g/mol. The fourth-order valence-electron chi connectivity index (χ4n) is 2.95. The number of nitrogens with zero attached hydrogens (tertiary/aromatic N) is 2. The van der Waals surface area contributed by atoms with E-state index < -0.39 is 0 Å². The molecule has 0 amide bonds. The van der Waals surface area contributed by atoms with Gasteiger partial charge in [0.25, 0.3) is 5.56 Å². The summed E-state index contributed by atoms with van der Waals surface area (Å²) in [5, 5.41) is 6.60. The van der Waals surface area contributed by atoms with E-state index in [0.29, 0.717) is 13.1 Å². The van der Waals surface area contributed by atoms with Crippen LogP contribution in [0, 0.1) is 6.92 Å². The molecule has 0 bridgehead atoms. The van der Waals surface area contributed by atoms with Gasteiger partial charge in [-0.25, -0.2) is 4.79 Å². The zero-order valence-corrected chi connectivity index (χ0v) is 16.3. The molecule has 0 aliphatic heterocycles. The smallest absolute Gasteiger partial charge is 0.317 e. The van der Waals surface area contributed by atoms with Crippen molar-refractivity contribution in [3.63, 3.8) is 0 Å². The van der Waals surface area contributed by atoms with Crippen LogP contribution in [0.1, 0.15) is 58.1 Å². The van der Waals surface area contributed by atoms with Crippen molar-refractivity contribution in [3.05, 3.63) is 32.6 Å². The molecule has 6 heteroatoms. The Morgan fingerprint density at radius 1 is 0.800 bits per heavy atom. The van der Waals surface area contributed by atoms with E-state index in [1.807, 2.05) is 6.92 Å². The lowest BCUT2D eigenvalue weighted by Crippen LogP contribution is -2.40. The highest BCUT2D eigenvalue weighted by Gasteiger charge is 2.08. The Balaban J connectivity index is 2.55. The van der Waals surface area contributed by atoms with E-state index in [-0.39, 0.29) is 11.2 Å². The minimum atomic E-state index is -0.169. The molecule has 0 unspecified atom stereocenters. The summed E-state index contributed by atoms with van der Waals surface area (Å²) in [6, 6.07) is 1.60. The molecule has 0 fully saturated rings. The summed E-state index contributed by atoms with van der Waals surface area (Å²) in [4.78, 5) is 24.8. The number of rotatable bonds is 14. The second-order valence-corrected chi connectivity index (χ2v) is 6.54. The predicted molar refractivity (Wildman–Crippen MR) is 104 cm³/mol. The van der Waals surface area contributed by atoms with Crippen molar-refractivity contribution >= 4 is 0 Å². The SMILES string of the molecule is CCNCCCCCn1c(C)cc(=O)n(CCCCCNCC)c1=O. The van der Waals surface area contributed by atoms with Crippen LogP contribution in [0.3, 0.4) is 0 Å². The molecule has 2 N–H and O–H groups in total. The van der Waals surface area contributed by atoms with E-state index in [9.17, 15) is 9.59 Å². The first-order valence-electron chi connectivity index (χ1n) is 9.84. The molecular weight excluding hydrogens is 316 g/mol. The van der Waals surface area contributed by atoms with Crippen molar-refractivity contribution < 1.29 is 0 Å². The molecule has 0 radical (unpaired) electrons. The Labute approximate surface area is 151 Å². The lowest BCUT2D eigenvalue weighted by molar-refractivity contribution is 0.486. The molecular formula is C19H36N4O2. The van der Waals surface area contributed by atoms with Crippen LogP contribution >= 0.6 is 0 Å². The van der Waals surface area contributed by atoms with Gasteiger partial charge in [0.2, 0.25) is 0 Å². The van der Waals surface area contributed by atoms with Gasteiger partial charge in [-0.15, -0.1) is 0 Å². The van der Waals surface area contributed by atoms with Gasteiger partial charge in [0.15, 0.2) is 0 Å². The van der Waals surface area contributed by atoms with Gasteiger partial charge in [0, 0.05) is 24.8 Å². The number of hydrogen-bond donors (Lipinski definition) is 2. The number of hydrogen-bond acceptors (Lipinski definition) is 4. The van der Waals surface area contributed by atoms with Gasteiger partial charge in [-0.05, 0) is 58.8 Å². The minimum Gasteiger partial charge on any atom is -0.317 e. The molecule has 1 heterocycles. The molecule has 0 aromatic carbocycles. The fourth-order valence-corrected chi connectivity index (χ4v) is 2.95. The first kappa shape index (κ1) is 21.6. The highest BCUT2D eigenvalue weighted by molar-refractivity contribution is 5.00. The fraction of sp³-hybridized carbons (Fsp3) is 0.789. The van der Waals surface area contributed by atoms with Crippen molar-refractivity contribution in [2.75, 3.05) is 26.2 Å². The van der Waals surface area contributed by atoms with Crippen LogP contribution in [0.15, 0.2) is 15.7 Å². The van der Waals surface area contributed by atoms with Gasteiger partial charge in [0.1, 0.15) is 0 Å². The van der Waals surface area contributed by atoms with E-state index in [1.165, 1.54) is 4.57 Å². The Morgan fingerprint density at radius 3 is 1.84 bits per heavy atom. The molecule has 1 rings (SSSR count). The van der Waals surface area contributed by atoms with Crippen LogP contribution in [0.2, 0.25) is 0 Å². The predicted octanol–water partition coefficient (Wildman–Crippen LogP) is 1.88. The van der Waals surface area contributed by atoms with Crippen molar-refractivity contribution in [1.82, 2.24) is 19.8 Å². The monoisotopic (exact) mass is 352 g/mol. The first-order chi connectivity index (χ1) is 12.1. The maximum absolute atomic E-state index is 12.6. The zero-order valence-electron chi connectivity index (χ0n) is 16.3. The minimum absolute atomic E-state index is 0.150. The van der Waals surface area contributed by atoms with E-state index >= 15 is 0 Å². The maximum Gasteiger partial charge on any atom is 0.331 e. The Hall–Kier alpha value is -1.40. The summed E-state index contributed by atoms with van der Waals surface area (Å²) in [7, 11) is 0. The Bertz CT molecular complexity index is 592. The number of aryl methyl sites for hydroxylation is 1. The normalized spacial score (nSPS) is 11.2. The first-order valence-corrected chi connectivity index (χ1v) is 9.84. The van der Waals surface area contributed by atoms with Crippen molar-refractivity contribution in [2.24, 2.45) is 0 Å². The molecule has 25 heavy (non-hydrogen) atoms. The third-order valence-corrected chi connectivity index (χ3v) is 4.46. The molecule has 6 nitrogen and oxygen atoms in total. The van der Waals surface area contributed by atoms with Crippen LogP contribution in [0.25, 0.3) is 0 Å². The number of unbranched alkanes of at least 4 members (excludes halogenated alkanes) is 4. The second-order valence-electron chi connectivity index (χ2n) is 6.54. The third-order valence-electron chi connectivity index (χ3n) is 4.46. The Morgan fingerprint density at radius 2 is 1.32 bits per heavy atom. The van der Waals surface area contributed by atoms with Crippen LogP contribution in [-0.4, -0.2) is 35.3 Å². The number of aromatic nitrogens is 2. The van der Waals surface area contributed by atoms with Crippen molar-refractivity contribution in [1.29, 1.82) is 0 Å². The summed E-state index contributed by atoms with van der Waals surface area (Å²) in [6.07, 6.45) is 6.14. The van der Waals surface area contributed by atoms with Gasteiger partial charge in [0.05, 0.1) is 0 Å². The topological polar surface area (TPSA) is 68.1 Å². The molecule has 0 saturated heterocycles. The summed E-state index contributed by atoms with van der Waals surface area (Å²) >= 11 is 0. The van der Waals surface area contributed by atoms with E-state index in [2.05, 4.69) is 24.5 Å². The van der Waals surface area contributed by atoms with Crippen molar-refractivity contribution in [2.45, 2.75) is 72.4 Å². The summed E-state index contributed by atoms with van der Waals surface area (Å²) < 4.78 is 3.16. The van der Waals surface area contributed by atoms with Crippen LogP contribution in [0.5, 0.6) is 0 Å². The van der Waals surface area contributed by atoms with Crippen molar-refractivity contribution in [3.8, 4) is 0 Å². The number of nitrogens with one attached hydrogen (secondary N) is 2. The maximum atomic E-state index is 12.6. The quantitative estimate of drug-likeness (QED) is 0.502. The van der Waals surface area contributed by atoms with Gasteiger partial charge >= 0.3 is 5.69 Å². The third kappa shape index (κ3) is 8.01. The zero-order chi connectivity index (χ0) is 18.5. The largest absolute Gasteiger partial charge is 0.331 e. The molecule has 0 atom stereocenters. The van der Waals surface area contributed by atoms with Crippen LogP contribution in [0.4, 0.5) is 0 Å². The van der Waals surface area contributed by atoms with Gasteiger partial charge < -0.3 is 10.6 Å². The van der Waals surface area contributed by atoms with E-state index in [1.54, 1.807) is 10.6 Å². The molecule has 1 aromatic heterocycles. The second kappa shape index (κ2) is 12.9. The summed E-state index contributed by atoms with van der Waals surface area (Å²) in [5.74, 6) is 0. The molecule has 0 aliphatic rings. The summed E-state index contributed by atoms with van der Waals surface area (Å²) in [6.45, 7) is 11.3. The molecule has 0 saturated carbocycles. The van der Waals surface area contributed by atoms with Crippen LogP contribution in [-0.2, 0) is 13.1 Å². The lowest BCUT2D eigenvalue weighted by atomic mass is 10.2. The van der Waals surface area contributed by atoms with Gasteiger partial charge in [-0.3, -0.25) is 13.9 Å². The average Bonchev–Trinajstić information content (AvgIpc) is 2.58. The van der Waals surface area contributed by atoms with Gasteiger partial charge in [-0.2, -0.15) is 0 Å². The van der Waals surface area contributed by atoms with E-state index in [0.717, 1.165) is 70.4 Å². The molecule has 144 valence electrons. The molecule has 1 aromatic rings. The van der Waals surface area contributed by atoms with Gasteiger partial charge in [-0.1, -0.05) is 26.7 Å². The molecule has 0 aliphatic carbocycles. The highest BCUT2D eigenvalue weighted by Crippen LogP contribution is 2.00. The Kier molecular flexibility index (Phi) is 11.2. The summed E-state index contributed by atoms with van der Waals surface area (Å²) in [5.41, 5.74) is 0.450. The highest BCUT2D eigenvalue weighted by atomic mass is 16.2. The van der Waals surface area contributed by atoms with Crippen LogP contribution < -0.4 is 21.9 Å². The lowest BCUT2D eigenvalue weighted by Gasteiger charge is -2.13. The van der Waals surface area contributed by atoms with E-state index in [4.69, 9.17) is 0 Å².